The Morgan fingerprint density at radius 1 is 1.28 bits per heavy atom. The molecule has 0 spiro atoms. The predicted octanol–water partition coefficient (Wildman–Crippen LogP) is 3.29. The maximum atomic E-state index is 11.8. The Hall–Kier alpha value is -0.910. The molecule has 8 atom stereocenters. The van der Waals surface area contributed by atoms with Crippen LogP contribution in [-0.4, -0.2) is 57.5 Å². The fourth-order valence-corrected chi connectivity index (χ4v) is 7.01. The van der Waals surface area contributed by atoms with Gasteiger partial charge in [0.1, 0.15) is 6.10 Å². The Kier molecular flexibility index (Phi) is 5.86. The highest BCUT2D eigenvalue weighted by molar-refractivity contribution is 5.66. The van der Waals surface area contributed by atoms with Crippen molar-refractivity contribution < 1.29 is 19.7 Å². The van der Waals surface area contributed by atoms with Gasteiger partial charge in [0.25, 0.3) is 0 Å². The third-order valence-electron chi connectivity index (χ3n) is 8.68. The molecular formula is C24H39NO4. The molecule has 4 rings (SSSR count). The number of fused-ring (bicyclic) bond motifs is 3. The van der Waals surface area contributed by atoms with Crippen molar-refractivity contribution in [2.75, 3.05) is 6.54 Å². The van der Waals surface area contributed by atoms with Gasteiger partial charge < -0.3 is 14.9 Å². The van der Waals surface area contributed by atoms with Gasteiger partial charge >= 0.3 is 5.97 Å². The van der Waals surface area contributed by atoms with Crippen LogP contribution in [-0.2, 0) is 9.53 Å². The maximum Gasteiger partial charge on any atom is 0.303 e. The van der Waals surface area contributed by atoms with E-state index in [1.807, 2.05) is 6.92 Å². The summed E-state index contributed by atoms with van der Waals surface area (Å²) in [5.74, 6) is 0.990. The number of carbonyl (C=O) groups is 1. The molecule has 0 radical (unpaired) electrons. The summed E-state index contributed by atoms with van der Waals surface area (Å²) in [4.78, 5) is 14.2. The van der Waals surface area contributed by atoms with Crippen LogP contribution in [0.3, 0.4) is 0 Å². The largest absolute Gasteiger partial charge is 0.458 e. The first kappa shape index (κ1) is 21.3. The van der Waals surface area contributed by atoms with Gasteiger partial charge in [-0.1, -0.05) is 19.9 Å². The van der Waals surface area contributed by atoms with Gasteiger partial charge in [-0.15, -0.1) is 0 Å². The van der Waals surface area contributed by atoms with Crippen molar-refractivity contribution in [2.24, 2.45) is 23.7 Å². The highest BCUT2D eigenvalue weighted by atomic mass is 16.5. The van der Waals surface area contributed by atoms with Gasteiger partial charge in [-0.05, 0) is 68.8 Å². The number of hydrogen-bond donors (Lipinski definition) is 2. The van der Waals surface area contributed by atoms with Crippen molar-refractivity contribution in [3.05, 3.63) is 11.6 Å². The summed E-state index contributed by atoms with van der Waals surface area (Å²) in [6.45, 7) is 9.06. The molecule has 2 aliphatic heterocycles. The number of carbonyl (C=O) groups excluding carboxylic acids is 1. The lowest BCUT2D eigenvalue weighted by atomic mass is 9.57. The van der Waals surface area contributed by atoms with E-state index in [4.69, 9.17) is 4.74 Å². The van der Waals surface area contributed by atoms with Gasteiger partial charge in [0, 0.05) is 37.9 Å². The monoisotopic (exact) mass is 405 g/mol. The molecule has 0 amide bonds. The molecule has 2 N–H and O–H groups in total. The molecule has 0 aromatic rings. The Morgan fingerprint density at radius 3 is 2.55 bits per heavy atom. The highest BCUT2D eigenvalue weighted by Gasteiger charge is 2.53. The Morgan fingerprint density at radius 2 is 1.93 bits per heavy atom. The van der Waals surface area contributed by atoms with E-state index in [-0.39, 0.29) is 30.0 Å². The maximum absolute atomic E-state index is 11.8. The van der Waals surface area contributed by atoms with Crippen molar-refractivity contribution in [3.63, 3.8) is 0 Å². The topological polar surface area (TPSA) is 70.0 Å². The molecule has 2 aliphatic carbocycles. The van der Waals surface area contributed by atoms with Crippen LogP contribution in [0, 0.1) is 23.7 Å². The van der Waals surface area contributed by atoms with Crippen molar-refractivity contribution in [3.8, 4) is 0 Å². The summed E-state index contributed by atoms with van der Waals surface area (Å²) < 4.78 is 5.53. The van der Waals surface area contributed by atoms with Gasteiger partial charge in [0.2, 0.25) is 0 Å². The second kappa shape index (κ2) is 7.97. The zero-order chi connectivity index (χ0) is 20.9. The average Bonchev–Trinajstić information content (AvgIpc) is 2.87. The van der Waals surface area contributed by atoms with Crippen LogP contribution in [0.4, 0.5) is 0 Å². The number of ether oxygens (including phenoxy) is 1. The molecule has 2 bridgehead atoms. The number of aliphatic hydroxyl groups is 2. The molecule has 3 fully saturated rings. The molecule has 2 saturated heterocycles. The number of esters is 1. The van der Waals surface area contributed by atoms with Crippen LogP contribution in [0.5, 0.6) is 0 Å². The Bertz CT molecular complexity index is 649. The van der Waals surface area contributed by atoms with E-state index in [0.29, 0.717) is 30.3 Å². The molecule has 5 nitrogen and oxygen atoms in total. The molecule has 2 unspecified atom stereocenters. The third kappa shape index (κ3) is 3.90. The molecule has 2 heterocycles. The highest BCUT2D eigenvalue weighted by Crippen LogP contribution is 2.51. The van der Waals surface area contributed by atoms with Gasteiger partial charge in [0.15, 0.2) is 0 Å². The number of piperidine rings is 1. The second-order valence-corrected chi connectivity index (χ2v) is 10.6. The van der Waals surface area contributed by atoms with E-state index in [1.165, 1.54) is 19.8 Å². The summed E-state index contributed by atoms with van der Waals surface area (Å²) in [7, 11) is 0. The fourth-order valence-electron chi connectivity index (χ4n) is 7.01. The molecule has 5 heteroatoms. The summed E-state index contributed by atoms with van der Waals surface area (Å²) >= 11 is 0. The molecule has 1 saturated carbocycles. The number of hydrogen-bond acceptors (Lipinski definition) is 5. The summed E-state index contributed by atoms with van der Waals surface area (Å²) in [6, 6.07) is 1.06. The smallest absolute Gasteiger partial charge is 0.303 e. The Balaban J connectivity index is 1.52. The molecule has 29 heavy (non-hydrogen) atoms. The Labute approximate surface area is 175 Å². The van der Waals surface area contributed by atoms with E-state index >= 15 is 0 Å². The van der Waals surface area contributed by atoms with E-state index in [0.717, 1.165) is 37.8 Å². The van der Waals surface area contributed by atoms with Gasteiger partial charge in [-0.2, -0.15) is 0 Å². The first-order chi connectivity index (χ1) is 13.7. The first-order valence-electron chi connectivity index (χ1n) is 11.7. The quantitative estimate of drug-likeness (QED) is 0.555. The van der Waals surface area contributed by atoms with E-state index < -0.39 is 5.60 Å². The van der Waals surface area contributed by atoms with E-state index in [1.54, 1.807) is 0 Å². The zero-order valence-corrected chi connectivity index (χ0v) is 18.5. The fraction of sp³-hybridized carbons (Fsp3) is 0.875. The minimum atomic E-state index is -0.798. The molecule has 0 aromatic heterocycles. The standard InChI is InChI=1S/C24H39NO4/c1-14-9-22-21(8-5-16(3)24(22,28)12-23(14)29-17(4)26)15(2)13-25-18-6-7-19(25)11-20(27)10-18/h9,15-16,18-23,27-28H,5-8,10-13H2,1-4H3/t15-,16-,18?,19?,20?,21+,22-,23-,24-/m1/s1. The van der Waals surface area contributed by atoms with Crippen LogP contribution in [0.1, 0.15) is 72.6 Å². The summed E-state index contributed by atoms with van der Waals surface area (Å²) in [6.07, 6.45) is 8.75. The van der Waals surface area contributed by atoms with Gasteiger partial charge in [-0.25, -0.2) is 0 Å². The first-order valence-corrected chi connectivity index (χ1v) is 11.7. The zero-order valence-electron chi connectivity index (χ0n) is 18.5. The molecule has 4 aliphatic rings. The molecule has 164 valence electrons. The van der Waals surface area contributed by atoms with Crippen LogP contribution in [0.15, 0.2) is 11.6 Å². The van der Waals surface area contributed by atoms with Gasteiger partial charge in [-0.3, -0.25) is 9.69 Å². The van der Waals surface area contributed by atoms with Crippen LogP contribution in [0.2, 0.25) is 0 Å². The number of nitrogens with zero attached hydrogens (tertiary/aromatic N) is 1. The SMILES string of the molecule is CC(=O)O[C@@H]1C[C@@]2(O)[C@H](C)CC[C@@H]([C@H](C)CN3C4CCC3CC(O)C4)[C@H]2C=C1C. The second-order valence-electron chi connectivity index (χ2n) is 10.6. The van der Waals surface area contributed by atoms with Crippen LogP contribution < -0.4 is 0 Å². The summed E-state index contributed by atoms with van der Waals surface area (Å²) in [5, 5.41) is 21.9. The number of rotatable bonds is 4. The average molecular weight is 406 g/mol. The minimum absolute atomic E-state index is 0.123. The van der Waals surface area contributed by atoms with Crippen molar-refractivity contribution in [2.45, 2.75) is 103 Å². The minimum Gasteiger partial charge on any atom is -0.458 e. The lowest BCUT2D eigenvalue weighted by Crippen LogP contribution is -2.56. The van der Waals surface area contributed by atoms with Crippen molar-refractivity contribution in [1.82, 2.24) is 4.90 Å². The van der Waals surface area contributed by atoms with Gasteiger partial charge in [0.05, 0.1) is 11.7 Å². The van der Waals surface area contributed by atoms with Crippen LogP contribution in [0.25, 0.3) is 0 Å². The van der Waals surface area contributed by atoms with E-state index in [9.17, 15) is 15.0 Å². The van der Waals surface area contributed by atoms with Crippen LogP contribution >= 0.6 is 0 Å². The number of aliphatic hydroxyl groups excluding tert-OH is 1. The molecule has 0 aromatic carbocycles. The predicted molar refractivity (Wildman–Crippen MR) is 112 cm³/mol. The third-order valence-corrected chi connectivity index (χ3v) is 8.68. The molecular weight excluding hydrogens is 366 g/mol. The normalized spacial score (nSPS) is 46.0. The lowest BCUT2D eigenvalue weighted by Gasteiger charge is -2.53. The lowest BCUT2D eigenvalue weighted by molar-refractivity contribution is -0.159. The van der Waals surface area contributed by atoms with E-state index in [2.05, 4.69) is 24.8 Å². The van der Waals surface area contributed by atoms with Crippen molar-refractivity contribution in [1.29, 1.82) is 0 Å². The summed E-state index contributed by atoms with van der Waals surface area (Å²) in [5.41, 5.74) is 0.288. The van der Waals surface area contributed by atoms with Crippen molar-refractivity contribution >= 4 is 5.97 Å².